The molecule has 16 heteroatoms. The van der Waals surface area contributed by atoms with Crippen LogP contribution in [0.25, 0.3) is 0 Å². The molecule has 8 N–H and O–H groups in total. The molecule has 0 spiro atoms. The number of aliphatic hydroxyl groups excluding tert-OH is 8. The van der Waals surface area contributed by atoms with Crippen molar-refractivity contribution >= 4 is 5.97 Å². The van der Waals surface area contributed by atoms with Crippen LogP contribution in [0.1, 0.15) is 69.4 Å². The molecule has 47 heavy (non-hydrogen) atoms. The zero-order chi connectivity index (χ0) is 34.3. The number of carbonyl (C=O) groups excluding carboxylic acids is 1. The van der Waals surface area contributed by atoms with Gasteiger partial charge in [0.15, 0.2) is 12.6 Å². The third-order valence-corrected chi connectivity index (χ3v) is 10.8. The minimum atomic E-state index is -1.77. The van der Waals surface area contributed by atoms with Crippen molar-refractivity contribution in [3.63, 3.8) is 0 Å². The van der Waals surface area contributed by atoms with Crippen LogP contribution in [-0.4, -0.2) is 134 Å². The zero-order valence-electron chi connectivity index (χ0n) is 26.4. The van der Waals surface area contributed by atoms with Crippen LogP contribution in [-0.2, 0) is 33.9 Å². The lowest BCUT2D eigenvalue weighted by atomic mass is 9.49. The molecule has 4 fully saturated rings. The molecule has 16 atom stereocenters. The quantitative estimate of drug-likeness (QED) is 0.138. The van der Waals surface area contributed by atoms with Crippen molar-refractivity contribution in [3.8, 4) is 0 Å². The third-order valence-electron chi connectivity index (χ3n) is 10.8. The van der Waals surface area contributed by atoms with E-state index in [1.54, 1.807) is 6.92 Å². The molecule has 264 valence electrons. The van der Waals surface area contributed by atoms with E-state index in [0.717, 1.165) is 0 Å². The Balaban J connectivity index is 1.25. The molecular formula is C31H44O16. The summed E-state index contributed by atoms with van der Waals surface area (Å²) in [5.41, 5.74) is -1.85. The van der Waals surface area contributed by atoms with Crippen LogP contribution in [0.2, 0.25) is 0 Å². The van der Waals surface area contributed by atoms with Gasteiger partial charge in [0.25, 0.3) is 0 Å². The molecule has 2 aliphatic carbocycles. The number of esters is 1. The summed E-state index contributed by atoms with van der Waals surface area (Å²) < 4.78 is 34.3. The first-order chi connectivity index (χ1) is 22.0. The predicted octanol–water partition coefficient (Wildman–Crippen LogP) is -2.58. The Morgan fingerprint density at radius 3 is 2.09 bits per heavy atom. The first-order valence-corrected chi connectivity index (χ1v) is 15.9. The van der Waals surface area contributed by atoms with Gasteiger partial charge >= 0.3 is 11.6 Å². The minimum Gasteiger partial charge on any atom is -0.458 e. The van der Waals surface area contributed by atoms with Gasteiger partial charge in [-0.2, -0.15) is 0 Å². The highest BCUT2D eigenvalue weighted by atomic mass is 16.7. The summed E-state index contributed by atoms with van der Waals surface area (Å²) in [4.78, 5) is 26.2. The van der Waals surface area contributed by atoms with Gasteiger partial charge in [-0.15, -0.1) is 0 Å². The molecule has 3 saturated heterocycles. The lowest BCUT2D eigenvalue weighted by Crippen LogP contribution is -2.63. The average molecular weight is 673 g/mol. The summed E-state index contributed by atoms with van der Waals surface area (Å²) >= 11 is 0. The Labute approximate surface area is 269 Å². The number of aliphatic hydroxyl groups is 8. The standard InChI is InChI=1S/C31H44O16/c1-10(2)24-16-12(5-15(33)46-24)30(3)6-11(7-31(4)26(30)25(19(16)36)47-29(31)41)43-28-23(40)21(38)18(35)14(45-28)9-42-27-22(39)20(37)17(34)13(8-32)44-27/h5,10-11,13-14,17-23,25-28,32,34-40H,6-9H2,1-4H3. The van der Waals surface area contributed by atoms with Crippen LogP contribution in [0.15, 0.2) is 15.3 Å². The van der Waals surface area contributed by atoms with Crippen molar-refractivity contribution < 1.29 is 73.7 Å². The van der Waals surface area contributed by atoms with Gasteiger partial charge in [-0.3, -0.25) is 4.79 Å². The van der Waals surface area contributed by atoms with Crippen molar-refractivity contribution in [2.75, 3.05) is 13.2 Å². The molecule has 0 radical (unpaired) electrons. The van der Waals surface area contributed by atoms with Gasteiger partial charge in [0.05, 0.1) is 24.7 Å². The van der Waals surface area contributed by atoms with Crippen LogP contribution >= 0.6 is 0 Å². The second-order valence-electron chi connectivity index (χ2n) is 14.3. The van der Waals surface area contributed by atoms with E-state index in [4.69, 9.17) is 28.1 Å². The van der Waals surface area contributed by atoms with Crippen LogP contribution in [0.3, 0.4) is 0 Å². The maximum atomic E-state index is 13.5. The summed E-state index contributed by atoms with van der Waals surface area (Å²) in [6.07, 6.45) is -18.6. The average Bonchev–Trinajstić information content (AvgIpc) is 3.29. The highest BCUT2D eigenvalue weighted by Gasteiger charge is 2.69. The molecule has 1 aromatic rings. The fourth-order valence-electron chi connectivity index (χ4n) is 8.50. The number of ether oxygens (including phenoxy) is 5. The fourth-order valence-corrected chi connectivity index (χ4v) is 8.50. The zero-order valence-corrected chi connectivity index (χ0v) is 26.4. The van der Waals surface area contributed by atoms with Gasteiger partial charge < -0.3 is 69.0 Å². The maximum absolute atomic E-state index is 13.5. The van der Waals surface area contributed by atoms with Crippen LogP contribution < -0.4 is 5.63 Å². The Kier molecular flexibility index (Phi) is 9.15. The lowest BCUT2D eigenvalue weighted by Gasteiger charge is -2.55. The molecule has 3 aliphatic heterocycles. The van der Waals surface area contributed by atoms with Crippen molar-refractivity contribution in [1.29, 1.82) is 0 Å². The second kappa shape index (κ2) is 12.4. The third kappa shape index (κ3) is 5.46. The Bertz CT molecular complexity index is 1400. The van der Waals surface area contributed by atoms with Gasteiger partial charge in [-0.1, -0.05) is 20.8 Å². The van der Waals surface area contributed by atoms with Crippen LogP contribution in [0.5, 0.6) is 0 Å². The molecular weight excluding hydrogens is 628 g/mol. The lowest BCUT2D eigenvalue weighted by molar-refractivity contribution is -0.338. The number of hydrogen-bond donors (Lipinski definition) is 8. The van der Waals surface area contributed by atoms with Crippen molar-refractivity contribution in [2.24, 2.45) is 11.3 Å². The van der Waals surface area contributed by atoms with Crippen molar-refractivity contribution in [1.82, 2.24) is 0 Å². The first-order valence-electron chi connectivity index (χ1n) is 15.9. The summed E-state index contributed by atoms with van der Waals surface area (Å²) in [7, 11) is 0. The van der Waals surface area contributed by atoms with E-state index >= 15 is 0 Å². The maximum Gasteiger partial charge on any atom is 0.336 e. The topological polar surface area (TPSA) is 255 Å². The Hall–Kier alpha value is -2.06. The summed E-state index contributed by atoms with van der Waals surface area (Å²) in [6.45, 7) is 5.97. The number of fused-ring (bicyclic) bond motifs is 2. The Morgan fingerprint density at radius 1 is 0.851 bits per heavy atom. The first kappa shape index (κ1) is 34.8. The van der Waals surface area contributed by atoms with Gasteiger partial charge in [-0.05, 0) is 25.3 Å². The van der Waals surface area contributed by atoms with Gasteiger partial charge in [0, 0.05) is 28.9 Å². The van der Waals surface area contributed by atoms with Crippen molar-refractivity contribution in [3.05, 3.63) is 33.4 Å². The van der Waals surface area contributed by atoms with E-state index in [2.05, 4.69) is 0 Å². The number of hydrogen-bond acceptors (Lipinski definition) is 16. The van der Waals surface area contributed by atoms with E-state index in [1.807, 2.05) is 20.8 Å². The normalized spacial score (nSPS) is 47.8. The predicted molar refractivity (Wildman–Crippen MR) is 153 cm³/mol. The van der Waals surface area contributed by atoms with Crippen LogP contribution in [0.4, 0.5) is 0 Å². The largest absolute Gasteiger partial charge is 0.458 e. The molecule has 4 heterocycles. The van der Waals surface area contributed by atoms with E-state index in [-0.39, 0.29) is 24.5 Å². The molecule has 5 aliphatic rings. The summed E-state index contributed by atoms with van der Waals surface area (Å²) in [5, 5.41) is 83.6. The van der Waals surface area contributed by atoms with Gasteiger partial charge in [-0.25, -0.2) is 4.79 Å². The fraction of sp³-hybridized carbons (Fsp3) is 0.806. The van der Waals surface area contributed by atoms with E-state index in [1.165, 1.54) is 6.07 Å². The second-order valence-corrected chi connectivity index (χ2v) is 14.3. The molecule has 0 aromatic carbocycles. The molecule has 16 nitrogen and oxygen atoms in total. The Morgan fingerprint density at radius 2 is 1.45 bits per heavy atom. The monoisotopic (exact) mass is 672 g/mol. The molecule has 0 amide bonds. The van der Waals surface area contributed by atoms with Crippen LogP contribution in [0, 0.1) is 11.3 Å². The van der Waals surface area contributed by atoms with Gasteiger partial charge in [0.1, 0.15) is 66.8 Å². The van der Waals surface area contributed by atoms with Gasteiger partial charge in [0.2, 0.25) is 0 Å². The summed E-state index contributed by atoms with van der Waals surface area (Å²) in [6, 6.07) is 1.32. The van der Waals surface area contributed by atoms with E-state index < -0.39 is 121 Å². The molecule has 1 saturated carbocycles. The highest BCUT2D eigenvalue weighted by molar-refractivity contribution is 5.81. The highest BCUT2D eigenvalue weighted by Crippen LogP contribution is 2.64. The molecule has 6 rings (SSSR count). The summed E-state index contributed by atoms with van der Waals surface area (Å²) in [5.74, 6) is -1.09. The molecule has 0 bridgehead atoms. The number of carbonyl (C=O) groups is 1. The minimum absolute atomic E-state index is 0.0837. The van der Waals surface area contributed by atoms with E-state index in [0.29, 0.717) is 11.1 Å². The number of rotatable bonds is 7. The SMILES string of the molecule is CC(C)c1oc(=O)cc2c1C(O)C1OC(=O)C3(C)CC(OC4OC(COC5OC(CO)C(O)C(O)C5O)C(O)C(O)C4O)CC2(C)C13. The van der Waals surface area contributed by atoms with E-state index in [9.17, 15) is 50.4 Å². The molecule has 1 aromatic heterocycles. The molecule has 16 unspecified atom stereocenters. The van der Waals surface area contributed by atoms with Crippen molar-refractivity contribution in [2.45, 2.75) is 132 Å². The smallest absolute Gasteiger partial charge is 0.336 e.